The van der Waals surface area contributed by atoms with Crippen LogP contribution < -0.4 is 10.6 Å². The van der Waals surface area contributed by atoms with E-state index in [1.807, 2.05) is 13.8 Å². The highest BCUT2D eigenvalue weighted by Gasteiger charge is 2.07. The third kappa shape index (κ3) is 8.68. The Hall–Kier alpha value is -0.610. The molecular weight excluding hydrogens is 204 g/mol. The lowest BCUT2D eigenvalue weighted by atomic mass is 10.2. The quantitative estimate of drug-likeness (QED) is 0.554. The first-order valence-corrected chi connectivity index (χ1v) is 6.28. The summed E-state index contributed by atoms with van der Waals surface area (Å²) in [7, 11) is 0. The zero-order chi connectivity index (χ0) is 12.4. The average molecular weight is 230 g/mol. The van der Waals surface area contributed by atoms with Gasteiger partial charge in [-0.05, 0) is 19.8 Å². The number of carbonyl (C=O) groups is 1. The van der Waals surface area contributed by atoms with E-state index in [2.05, 4.69) is 17.6 Å². The fourth-order valence-electron chi connectivity index (χ4n) is 1.62. The summed E-state index contributed by atoms with van der Waals surface area (Å²) in [6.07, 6.45) is 3.48. The summed E-state index contributed by atoms with van der Waals surface area (Å²) >= 11 is 0. The van der Waals surface area contributed by atoms with Gasteiger partial charge in [-0.2, -0.15) is 0 Å². The molecule has 2 unspecified atom stereocenters. The van der Waals surface area contributed by atoms with Crippen molar-refractivity contribution >= 4 is 5.91 Å². The number of rotatable bonds is 9. The Balaban J connectivity index is 3.50. The lowest BCUT2D eigenvalue weighted by Gasteiger charge is -2.14. The zero-order valence-corrected chi connectivity index (χ0v) is 10.8. The molecule has 0 aliphatic rings. The van der Waals surface area contributed by atoms with Gasteiger partial charge in [-0.1, -0.05) is 26.7 Å². The standard InChI is InChI=1S/C12H26N2O2/c1-4-6-10(3)14-12(16)9-13-8-11(15)7-5-2/h10-11,13,15H,4-9H2,1-3H3,(H,14,16). The Labute approximate surface area is 98.8 Å². The van der Waals surface area contributed by atoms with E-state index in [9.17, 15) is 9.90 Å². The fraction of sp³-hybridized carbons (Fsp3) is 0.917. The van der Waals surface area contributed by atoms with E-state index in [1.54, 1.807) is 0 Å². The van der Waals surface area contributed by atoms with Gasteiger partial charge in [0, 0.05) is 12.6 Å². The van der Waals surface area contributed by atoms with Crippen molar-refractivity contribution in [1.29, 1.82) is 0 Å². The second-order valence-corrected chi connectivity index (χ2v) is 4.33. The SMILES string of the molecule is CCCC(O)CNCC(=O)NC(C)CCC. The molecule has 0 aliphatic carbocycles. The molecule has 2 atom stereocenters. The second kappa shape index (κ2) is 9.60. The highest BCUT2D eigenvalue weighted by molar-refractivity contribution is 5.78. The van der Waals surface area contributed by atoms with Gasteiger partial charge in [0.15, 0.2) is 0 Å². The summed E-state index contributed by atoms with van der Waals surface area (Å²) in [5.74, 6) is 0.00430. The van der Waals surface area contributed by atoms with Crippen molar-refractivity contribution in [3.63, 3.8) is 0 Å². The molecule has 3 N–H and O–H groups in total. The number of hydrogen-bond donors (Lipinski definition) is 3. The van der Waals surface area contributed by atoms with Crippen LogP contribution in [0.1, 0.15) is 46.5 Å². The number of nitrogens with one attached hydrogen (secondary N) is 2. The number of carbonyl (C=O) groups excluding carboxylic acids is 1. The first-order chi connectivity index (χ1) is 7.60. The van der Waals surface area contributed by atoms with Gasteiger partial charge in [-0.15, -0.1) is 0 Å². The van der Waals surface area contributed by atoms with Gasteiger partial charge in [0.2, 0.25) is 5.91 Å². The largest absolute Gasteiger partial charge is 0.392 e. The lowest BCUT2D eigenvalue weighted by Crippen LogP contribution is -2.40. The minimum atomic E-state index is -0.342. The molecule has 0 radical (unpaired) electrons. The van der Waals surface area contributed by atoms with E-state index in [0.717, 1.165) is 25.7 Å². The van der Waals surface area contributed by atoms with Gasteiger partial charge in [0.1, 0.15) is 0 Å². The summed E-state index contributed by atoms with van der Waals surface area (Å²) in [5, 5.41) is 15.3. The van der Waals surface area contributed by atoms with Crippen molar-refractivity contribution in [2.24, 2.45) is 0 Å². The predicted molar refractivity (Wildman–Crippen MR) is 66.3 cm³/mol. The van der Waals surface area contributed by atoms with Crippen LogP contribution in [0.25, 0.3) is 0 Å². The first-order valence-electron chi connectivity index (χ1n) is 6.28. The molecule has 0 fully saturated rings. The van der Waals surface area contributed by atoms with Crippen LogP contribution >= 0.6 is 0 Å². The third-order valence-corrected chi connectivity index (χ3v) is 2.42. The molecule has 1 amide bonds. The maximum Gasteiger partial charge on any atom is 0.234 e. The molecule has 0 aromatic rings. The van der Waals surface area contributed by atoms with E-state index >= 15 is 0 Å². The first kappa shape index (κ1) is 15.4. The maximum absolute atomic E-state index is 11.4. The maximum atomic E-state index is 11.4. The second-order valence-electron chi connectivity index (χ2n) is 4.33. The molecule has 0 spiro atoms. The molecule has 0 aromatic heterocycles. The normalized spacial score (nSPS) is 14.5. The van der Waals surface area contributed by atoms with Crippen LogP contribution in [0.15, 0.2) is 0 Å². The number of amides is 1. The van der Waals surface area contributed by atoms with Gasteiger partial charge >= 0.3 is 0 Å². The van der Waals surface area contributed by atoms with Crippen LogP contribution in [0, 0.1) is 0 Å². The van der Waals surface area contributed by atoms with Crippen molar-refractivity contribution in [1.82, 2.24) is 10.6 Å². The van der Waals surface area contributed by atoms with Crippen LogP contribution in [0.4, 0.5) is 0 Å². The fourth-order valence-corrected chi connectivity index (χ4v) is 1.62. The van der Waals surface area contributed by atoms with Crippen LogP contribution in [0.5, 0.6) is 0 Å². The molecule has 0 saturated carbocycles. The average Bonchev–Trinajstić information content (AvgIpc) is 2.18. The summed E-state index contributed by atoms with van der Waals surface area (Å²) in [4.78, 5) is 11.4. The molecule has 0 saturated heterocycles. The van der Waals surface area contributed by atoms with Gasteiger partial charge in [-0.25, -0.2) is 0 Å². The molecule has 0 aromatic carbocycles. The summed E-state index contributed by atoms with van der Waals surface area (Å²) in [6.45, 7) is 6.91. The lowest BCUT2D eigenvalue weighted by molar-refractivity contribution is -0.120. The highest BCUT2D eigenvalue weighted by Crippen LogP contribution is 1.95. The van der Waals surface area contributed by atoms with Crippen molar-refractivity contribution in [2.75, 3.05) is 13.1 Å². The molecule has 0 aliphatic heterocycles. The zero-order valence-electron chi connectivity index (χ0n) is 10.8. The monoisotopic (exact) mass is 230 g/mol. The van der Waals surface area contributed by atoms with Crippen molar-refractivity contribution in [2.45, 2.75) is 58.6 Å². The van der Waals surface area contributed by atoms with E-state index in [-0.39, 0.29) is 24.6 Å². The number of aliphatic hydroxyl groups is 1. The molecule has 96 valence electrons. The summed E-state index contributed by atoms with van der Waals surface area (Å²) in [5.41, 5.74) is 0. The van der Waals surface area contributed by atoms with Gasteiger partial charge in [0.25, 0.3) is 0 Å². The summed E-state index contributed by atoms with van der Waals surface area (Å²) < 4.78 is 0. The number of hydrogen-bond acceptors (Lipinski definition) is 3. The Bertz CT molecular complexity index is 186. The van der Waals surface area contributed by atoms with Crippen LogP contribution in [0.2, 0.25) is 0 Å². The van der Waals surface area contributed by atoms with E-state index in [4.69, 9.17) is 0 Å². The summed E-state index contributed by atoms with van der Waals surface area (Å²) in [6, 6.07) is 0.236. The minimum absolute atomic E-state index is 0.00430. The van der Waals surface area contributed by atoms with E-state index in [0.29, 0.717) is 6.54 Å². The van der Waals surface area contributed by atoms with Crippen LogP contribution in [0.3, 0.4) is 0 Å². The molecular formula is C12H26N2O2. The number of aliphatic hydroxyl groups excluding tert-OH is 1. The predicted octanol–water partition coefficient (Wildman–Crippen LogP) is 1.04. The Kier molecular flexibility index (Phi) is 9.24. The van der Waals surface area contributed by atoms with Crippen molar-refractivity contribution in [3.05, 3.63) is 0 Å². The van der Waals surface area contributed by atoms with Gasteiger partial charge in [-0.3, -0.25) is 4.79 Å². The smallest absolute Gasteiger partial charge is 0.234 e. The topological polar surface area (TPSA) is 61.4 Å². The Morgan fingerprint density at radius 2 is 1.88 bits per heavy atom. The Morgan fingerprint density at radius 1 is 1.25 bits per heavy atom. The van der Waals surface area contributed by atoms with Crippen LogP contribution in [-0.2, 0) is 4.79 Å². The third-order valence-electron chi connectivity index (χ3n) is 2.42. The molecule has 0 heterocycles. The van der Waals surface area contributed by atoms with E-state index < -0.39 is 0 Å². The molecule has 0 bridgehead atoms. The van der Waals surface area contributed by atoms with Crippen LogP contribution in [-0.4, -0.2) is 36.2 Å². The van der Waals surface area contributed by atoms with Crippen molar-refractivity contribution < 1.29 is 9.90 Å². The van der Waals surface area contributed by atoms with Gasteiger partial charge < -0.3 is 15.7 Å². The molecule has 4 nitrogen and oxygen atoms in total. The molecule has 16 heavy (non-hydrogen) atoms. The Morgan fingerprint density at radius 3 is 2.44 bits per heavy atom. The van der Waals surface area contributed by atoms with E-state index in [1.165, 1.54) is 0 Å². The highest BCUT2D eigenvalue weighted by atomic mass is 16.3. The minimum Gasteiger partial charge on any atom is -0.392 e. The van der Waals surface area contributed by atoms with Crippen molar-refractivity contribution in [3.8, 4) is 0 Å². The molecule has 0 rings (SSSR count). The van der Waals surface area contributed by atoms with Gasteiger partial charge in [0.05, 0.1) is 12.6 Å². The molecule has 4 heteroatoms.